The second-order valence-electron chi connectivity index (χ2n) is 5.40. The van der Waals surface area contributed by atoms with Crippen molar-refractivity contribution in [3.8, 4) is 0 Å². The third-order valence-corrected chi connectivity index (χ3v) is 5.33. The van der Waals surface area contributed by atoms with Crippen molar-refractivity contribution in [1.82, 2.24) is 0 Å². The third kappa shape index (κ3) is 5.85. The molecular weight excluding hydrogens is 366 g/mol. The van der Waals surface area contributed by atoms with Gasteiger partial charge in [0.2, 0.25) is 10.0 Å². The maximum absolute atomic E-state index is 12.4. The van der Waals surface area contributed by atoms with Gasteiger partial charge in [-0.2, -0.15) is 0 Å². The molecule has 0 aliphatic heterocycles. The van der Waals surface area contributed by atoms with Crippen LogP contribution in [0.5, 0.6) is 0 Å². The van der Waals surface area contributed by atoms with Gasteiger partial charge in [0, 0.05) is 22.0 Å². The van der Waals surface area contributed by atoms with Gasteiger partial charge in [-0.15, -0.1) is 11.8 Å². The highest BCUT2D eigenvalue weighted by atomic mass is 35.5. The van der Waals surface area contributed by atoms with E-state index >= 15 is 0 Å². The molecule has 0 bridgehead atoms. The molecule has 0 heterocycles. The monoisotopic (exact) mass is 383 g/mol. The number of sulfonamides is 1. The van der Waals surface area contributed by atoms with Gasteiger partial charge in [0.25, 0.3) is 0 Å². The van der Waals surface area contributed by atoms with Gasteiger partial charge in [-0.1, -0.05) is 23.7 Å². The van der Waals surface area contributed by atoms with E-state index in [0.29, 0.717) is 16.3 Å². The van der Waals surface area contributed by atoms with Crippen LogP contribution >= 0.6 is 23.4 Å². The first-order valence-corrected chi connectivity index (χ1v) is 10.5. The molecule has 0 aliphatic carbocycles. The molecule has 0 aromatic heterocycles. The lowest BCUT2D eigenvalue weighted by molar-refractivity contribution is 0.0994. The Hall–Kier alpha value is -1.50. The number of carbonyl (C=O) groups excluding carboxylic acids is 1. The van der Waals surface area contributed by atoms with Crippen molar-refractivity contribution in [2.45, 2.75) is 17.9 Å². The van der Waals surface area contributed by atoms with Crippen molar-refractivity contribution in [2.24, 2.45) is 0 Å². The summed E-state index contributed by atoms with van der Waals surface area (Å²) in [5, 5.41) is 0.491. The Labute approximate surface area is 151 Å². The van der Waals surface area contributed by atoms with E-state index in [4.69, 9.17) is 11.6 Å². The third-order valence-electron chi connectivity index (χ3n) is 3.26. The highest BCUT2D eigenvalue weighted by Gasteiger charge is 2.16. The molecule has 1 atom stereocenters. The molecule has 0 radical (unpaired) electrons. The molecular formula is C17H18ClNO3S2. The molecule has 24 heavy (non-hydrogen) atoms. The second kappa shape index (κ2) is 8.05. The zero-order valence-corrected chi connectivity index (χ0v) is 15.7. The van der Waals surface area contributed by atoms with Crippen LogP contribution in [0.15, 0.2) is 48.5 Å². The van der Waals surface area contributed by atoms with Gasteiger partial charge in [-0.05, 0) is 48.9 Å². The number of nitrogens with one attached hydrogen (secondary N) is 1. The Balaban J connectivity index is 1.96. The fourth-order valence-electron chi connectivity index (χ4n) is 2.03. The average molecular weight is 384 g/mol. The summed E-state index contributed by atoms with van der Waals surface area (Å²) in [7, 11) is -3.32. The molecule has 2 aromatic carbocycles. The van der Waals surface area contributed by atoms with Gasteiger partial charge >= 0.3 is 0 Å². The standard InChI is InChI=1S/C17H18ClNO3S2/c1-12(23-11-13-3-7-15(18)8-4-13)17(20)14-5-9-16(10-6-14)19-24(2,21)22/h3-10,12,19H,11H2,1-2H3/t12-/m1/s1. The van der Waals surface area contributed by atoms with Crippen LogP contribution < -0.4 is 4.72 Å². The maximum Gasteiger partial charge on any atom is 0.229 e. The zero-order chi connectivity index (χ0) is 17.7. The van der Waals surface area contributed by atoms with Gasteiger partial charge in [-0.3, -0.25) is 9.52 Å². The van der Waals surface area contributed by atoms with Crippen LogP contribution in [0.25, 0.3) is 0 Å². The summed E-state index contributed by atoms with van der Waals surface area (Å²) in [4.78, 5) is 12.4. The number of ketones is 1. The number of carbonyl (C=O) groups is 1. The minimum atomic E-state index is -3.32. The summed E-state index contributed by atoms with van der Waals surface area (Å²) in [5.74, 6) is 0.734. The Bertz CT molecular complexity index is 803. The lowest BCUT2D eigenvalue weighted by Crippen LogP contribution is -2.14. The Morgan fingerprint density at radius 3 is 2.25 bits per heavy atom. The van der Waals surface area contributed by atoms with E-state index in [0.717, 1.165) is 17.6 Å². The fourth-order valence-corrected chi connectivity index (χ4v) is 3.64. The van der Waals surface area contributed by atoms with E-state index in [-0.39, 0.29) is 11.0 Å². The maximum atomic E-state index is 12.4. The highest BCUT2D eigenvalue weighted by Crippen LogP contribution is 2.23. The van der Waals surface area contributed by atoms with Gasteiger partial charge in [0.05, 0.1) is 11.5 Å². The second-order valence-corrected chi connectivity index (χ2v) is 8.91. The van der Waals surface area contributed by atoms with Crippen LogP contribution in [0, 0.1) is 0 Å². The summed E-state index contributed by atoms with van der Waals surface area (Å²) in [6.45, 7) is 1.87. The molecule has 2 rings (SSSR count). The molecule has 2 aromatic rings. The zero-order valence-electron chi connectivity index (χ0n) is 13.3. The van der Waals surface area contributed by atoms with Crippen molar-refractivity contribution in [3.05, 3.63) is 64.7 Å². The van der Waals surface area contributed by atoms with Crippen molar-refractivity contribution in [2.75, 3.05) is 11.0 Å². The number of thioether (sulfide) groups is 1. The molecule has 7 heteroatoms. The number of anilines is 1. The Kier molecular flexibility index (Phi) is 6.32. The number of benzene rings is 2. The molecule has 0 fully saturated rings. The predicted octanol–water partition coefficient (Wildman–Crippen LogP) is 4.22. The van der Waals surface area contributed by atoms with Crippen LogP contribution in [-0.4, -0.2) is 25.7 Å². The van der Waals surface area contributed by atoms with Gasteiger partial charge < -0.3 is 0 Å². The van der Waals surface area contributed by atoms with E-state index in [1.165, 1.54) is 0 Å². The van der Waals surface area contributed by atoms with Crippen LogP contribution in [0.4, 0.5) is 5.69 Å². The summed E-state index contributed by atoms with van der Waals surface area (Å²) < 4.78 is 24.7. The number of Topliss-reactive ketones (excluding diaryl/α,β-unsaturated/α-hetero) is 1. The van der Waals surface area contributed by atoms with Gasteiger partial charge in [-0.25, -0.2) is 8.42 Å². The van der Waals surface area contributed by atoms with Crippen LogP contribution in [0.2, 0.25) is 5.02 Å². The molecule has 4 nitrogen and oxygen atoms in total. The van der Waals surface area contributed by atoms with E-state index < -0.39 is 10.0 Å². The van der Waals surface area contributed by atoms with Crippen molar-refractivity contribution in [1.29, 1.82) is 0 Å². The molecule has 128 valence electrons. The first kappa shape index (κ1) is 18.8. The molecule has 0 saturated heterocycles. The SMILES string of the molecule is C[C@@H](SCc1ccc(Cl)cc1)C(=O)c1ccc(NS(C)(=O)=O)cc1. The molecule has 0 unspecified atom stereocenters. The largest absolute Gasteiger partial charge is 0.293 e. The quantitative estimate of drug-likeness (QED) is 0.727. The van der Waals surface area contributed by atoms with E-state index in [1.807, 2.05) is 31.2 Å². The number of rotatable bonds is 7. The smallest absolute Gasteiger partial charge is 0.229 e. The predicted molar refractivity (Wildman–Crippen MR) is 101 cm³/mol. The summed E-state index contributed by atoms with van der Waals surface area (Å²) in [6, 6.07) is 14.0. The highest BCUT2D eigenvalue weighted by molar-refractivity contribution is 7.99. The number of halogens is 1. The van der Waals surface area contributed by atoms with E-state index in [1.54, 1.807) is 36.0 Å². The first-order valence-electron chi connectivity index (χ1n) is 7.23. The first-order chi connectivity index (χ1) is 11.2. The van der Waals surface area contributed by atoms with Crippen molar-refractivity contribution < 1.29 is 13.2 Å². The lowest BCUT2D eigenvalue weighted by Gasteiger charge is -2.11. The Morgan fingerprint density at radius 2 is 1.71 bits per heavy atom. The summed E-state index contributed by atoms with van der Waals surface area (Å²) in [5.41, 5.74) is 2.11. The van der Waals surface area contributed by atoms with Crippen LogP contribution in [0.3, 0.4) is 0 Å². The molecule has 0 aliphatic rings. The lowest BCUT2D eigenvalue weighted by atomic mass is 10.1. The molecule has 0 saturated carbocycles. The van der Waals surface area contributed by atoms with Crippen molar-refractivity contribution in [3.63, 3.8) is 0 Å². The minimum absolute atomic E-state index is 0.0138. The summed E-state index contributed by atoms with van der Waals surface area (Å²) in [6.07, 6.45) is 1.08. The van der Waals surface area contributed by atoms with Gasteiger partial charge in [0.15, 0.2) is 5.78 Å². The number of hydrogen-bond donors (Lipinski definition) is 1. The minimum Gasteiger partial charge on any atom is -0.293 e. The average Bonchev–Trinajstić information content (AvgIpc) is 2.52. The number of hydrogen-bond acceptors (Lipinski definition) is 4. The molecule has 1 N–H and O–H groups in total. The Morgan fingerprint density at radius 1 is 1.12 bits per heavy atom. The van der Waals surface area contributed by atoms with Crippen LogP contribution in [0.1, 0.15) is 22.8 Å². The van der Waals surface area contributed by atoms with Crippen LogP contribution in [-0.2, 0) is 15.8 Å². The molecule has 0 spiro atoms. The topological polar surface area (TPSA) is 63.2 Å². The van der Waals surface area contributed by atoms with E-state index in [2.05, 4.69) is 4.72 Å². The summed E-state index contributed by atoms with van der Waals surface area (Å²) >= 11 is 7.40. The van der Waals surface area contributed by atoms with E-state index in [9.17, 15) is 13.2 Å². The fraction of sp³-hybridized carbons (Fsp3) is 0.235. The van der Waals surface area contributed by atoms with Gasteiger partial charge in [0.1, 0.15) is 0 Å². The normalized spacial score (nSPS) is 12.6. The molecule has 0 amide bonds. The van der Waals surface area contributed by atoms with Crippen molar-refractivity contribution >= 4 is 44.9 Å².